The lowest BCUT2D eigenvalue weighted by Gasteiger charge is -2.11. The average Bonchev–Trinajstić information content (AvgIpc) is 2.67. The van der Waals surface area contributed by atoms with Crippen LogP contribution in [0.2, 0.25) is 5.02 Å². The van der Waals surface area contributed by atoms with E-state index in [1.807, 2.05) is 19.9 Å². The predicted octanol–water partition coefficient (Wildman–Crippen LogP) is 6.24. The van der Waals surface area contributed by atoms with Gasteiger partial charge in [-0.15, -0.1) is 0 Å². The van der Waals surface area contributed by atoms with Gasteiger partial charge in [0.15, 0.2) is 0 Å². The summed E-state index contributed by atoms with van der Waals surface area (Å²) in [6.45, 7) is 3.70. The number of esters is 1. The Labute approximate surface area is 171 Å². The van der Waals surface area contributed by atoms with Crippen molar-refractivity contribution >= 4 is 35.0 Å². The third kappa shape index (κ3) is 4.52. The summed E-state index contributed by atoms with van der Waals surface area (Å²) in [6.07, 6.45) is 0. The van der Waals surface area contributed by atoms with Gasteiger partial charge in [-0.3, -0.25) is 10.1 Å². The Morgan fingerprint density at radius 1 is 1.04 bits per heavy atom. The Hall–Kier alpha value is -2.83. The predicted molar refractivity (Wildman–Crippen MR) is 110 cm³/mol. The zero-order valence-electron chi connectivity index (χ0n) is 15.1. The SMILES string of the molecule is Cc1cc(OC(=O)c2ccccc2Sc2ccc([N+](=O)[O-])cc2)cc(C)c1Cl. The van der Waals surface area contributed by atoms with Gasteiger partial charge in [0.25, 0.3) is 5.69 Å². The van der Waals surface area contributed by atoms with Gasteiger partial charge >= 0.3 is 5.97 Å². The van der Waals surface area contributed by atoms with Crippen LogP contribution < -0.4 is 4.74 Å². The van der Waals surface area contributed by atoms with Gasteiger partial charge in [-0.05, 0) is 61.4 Å². The van der Waals surface area contributed by atoms with Gasteiger partial charge in [0.05, 0.1) is 10.5 Å². The summed E-state index contributed by atoms with van der Waals surface area (Å²) in [5.41, 5.74) is 2.10. The van der Waals surface area contributed by atoms with Gasteiger partial charge in [0.2, 0.25) is 0 Å². The number of rotatable bonds is 5. The highest BCUT2D eigenvalue weighted by Crippen LogP contribution is 2.32. The molecule has 0 saturated heterocycles. The van der Waals surface area contributed by atoms with E-state index in [1.54, 1.807) is 42.5 Å². The van der Waals surface area contributed by atoms with Crippen LogP contribution in [0, 0.1) is 24.0 Å². The van der Waals surface area contributed by atoms with Gasteiger partial charge in [-0.25, -0.2) is 4.79 Å². The molecule has 0 unspecified atom stereocenters. The molecule has 3 rings (SSSR count). The largest absolute Gasteiger partial charge is 0.423 e. The van der Waals surface area contributed by atoms with E-state index >= 15 is 0 Å². The van der Waals surface area contributed by atoms with Crippen LogP contribution in [0.25, 0.3) is 0 Å². The highest BCUT2D eigenvalue weighted by atomic mass is 35.5. The van der Waals surface area contributed by atoms with Crippen LogP contribution in [-0.4, -0.2) is 10.9 Å². The number of hydrogen-bond donors (Lipinski definition) is 0. The van der Waals surface area contributed by atoms with Crippen molar-refractivity contribution in [1.82, 2.24) is 0 Å². The molecule has 0 saturated carbocycles. The van der Waals surface area contributed by atoms with E-state index in [9.17, 15) is 14.9 Å². The Morgan fingerprint density at radius 2 is 1.64 bits per heavy atom. The topological polar surface area (TPSA) is 69.4 Å². The standard InChI is InChI=1S/C21H16ClNO4S/c1-13-11-16(12-14(2)20(13)22)27-21(24)18-5-3-4-6-19(18)28-17-9-7-15(8-10-17)23(25)26/h3-12H,1-2H3. The molecule has 28 heavy (non-hydrogen) atoms. The molecular weight excluding hydrogens is 398 g/mol. The molecule has 0 aromatic heterocycles. The quantitative estimate of drug-likeness (QED) is 0.214. The third-order valence-electron chi connectivity index (χ3n) is 4.00. The number of nitrogens with zero attached hydrogens (tertiary/aromatic N) is 1. The van der Waals surface area contributed by atoms with Crippen LogP contribution in [0.4, 0.5) is 5.69 Å². The molecule has 0 bridgehead atoms. The second-order valence-electron chi connectivity index (χ2n) is 6.11. The van der Waals surface area contributed by atoms with E-state index < -0.39 is 10.9 Å². The summed E-state index contributed by atoms with van der Waals surface area (Å²) in [5, 5.41) is 11.4. The number of hydrogen-bond acceptors (Lipinski definition) is 5. The highest BCUT2D eigenvalue weighted by molar-refractivity contribution is 7.99. The van der Waals surface area contributed by atoms with Crippen LogP contribution >= 0.6 is 23.4 Å². The molecule has 0 aliphatic carbocycles. The molecular formula is C21H16ClNO4S. The van der Waals surface area contributed by atoms with E-state index in [0.717, 1.165) is 16.0 Å². The Morgan fingerprint density at radius 3 is 2.25 bits per heavy atom. The van der Waals surface area contributed by atoms with E-state index in [-0.39, 0.29) is 5.69 Å². The third-order valence-corrected chi connectivity index (χ3v) is 5.68. The normalized spacial score (nSPS) is 10.5. The zero-order valence-corrected chi connectivity index (χ0v) is 16.7. The Kier molecular flexibility index (Phi) is 6.02. The molecule has 0 fully saturated rings. The van der Waals surface area contributed by atoms with Gasteiger partial charge in [0.1, 0.15) is 5.75 Å². The molecule has 7 heteroatoms. The molecule has 0 atom stereocenters. The summed E-state index contributed by atoms with van der Waals surface area (Å²) in [6, 6.07) is 16.7. The minimum atomic E-state index is -0.480. The molecule has 142 valence electrons. The first-order valence-corrected chi connectivity index (χ1v) is 9.55. The minimum absolute atomic E-state index is 0.0190. The number of ether oxygens (including phenoxy) is 1. The molecule has 0 aliphatic rings. The van der Waals surface area contributed by atoms with Crippen molar-refractivity contribution in [3.05, 3.63) is 92.5 Å². The van der Waals surface area contributed by atoms with Crippen molar-refractivity contribution in [1.29, 1.82) is 0 Å². The fourth-order valence-electron chi connectivity index (χ4n) is 2.61. The van der Waals surface area contributed by atoms with E-state index in [0.29, 0.717) is 21.2 Å². The van der Waals surface area contributed by atoms with Crippen LogP contribution in [0.5, 0.6) is 5.75 Å². The number of halogens is 1. The van der Waals surface area contributed by atoms with Crippen molar-refractivity contribution in [3.8, 4) is 5.75 Å². The lowest BCUT2D eigenvalue weighted by Crippen LogP contribution is -2.10. The molecule has 0 radical (unpaired) electrons. The summed E-state index contributed by atoms with van der Waals surface area (Å²) >= 11 is 7.50. The summed E-state index contributed by atoms with van der Waals surface area (Å²) in [7, 11) is 0. The first-order valence-electron chi connectivity index (χ1n) is 8.35. The number of non-ortho nitro benzene ring substituents is 1. The van der Waals surface area contributed by atoms with E-state index in [2.05, 4.69) is 0 Å². The fourth-order valence-corrected chi connectivity index (χ4v) is 3.66. The van der Waals surface area contributed by atoms with Crippen LogP contribution in [0.15, 0.2) is 70.5 Å². The monoisotopic (exact) mass is 413 g/mol. The molecule has 3 aromatic rings. The molecule has 0 amide bonds. The maximum atomic E-state index is 12.7. The fraction of sp³-hybridized carbons (Fsp3) is 0.0952. The number of nitro benzene ring substituents is 1. The number of carbonyl (C=O) groups excluding carboxylic acids is 1. The molecule has 0 aliphatic heterocycles. The van der Waals surface area contributed by atoms with Crippen LogP contribution in [0.3, 0.4) is 0 Å². The zero-order chi connectivity index (χ0) is 20.3. The first-order chi connectivity index (χ1) is 13.3. The first kappa shape index (κ1) is 19.9. The van der Waals surface area contributed by atoms with Gasteiger partial charge in [0, 0.05) is 26.9 Å². The molecule has 0 heterocycles. The molecule has 0 spiro atoms. The van der Waals surface area contributed by atoms with Crippen LogP contribution in [-0.2, 0) is 0 Å². The average molecular weight is 414 g/mol. The minimum Gasteiger partial charge on any atom is -0.423 e. The summed E-state index contributed by atoms with van der Waals surface area (Å²) in [5.74, 6) is -0.0503. The van der Waals surface area contributed by atoms with Crippen molar-refractivity contribution in [2.45, 2.75) is 23.6 Å². The van der Waals surface area contributed by atoms with Crippen molar-refractivity contribution in [3.63, 3.8) is 0 Å². The lowest BCUT2D eigenvalue weighted by atomic mass is 10.1. The van der Waals surface area contributed by atoms with Crippen LogP contribution in [0.1, 0.15) is 21.5 Å². The number of nitro groups is 1. The van der Waals surface area contributed by atoms with Gasteiger partial charge in [-0.2, -0.15) is 0 Å². The lowest BCUT2D eigenvalue weighted by molar-refractivity contribution is -0.384. The second kappa shape index (κ2) is 8.46. The van der Waals surface area contributed by atoms with Crippen molar-refractivity contribution in [2.75, 3.05) is 0 Å². The van der Waals surface area contributed by atoms with Crippen molar-refractivity contribution in [2.24, 2.45) is 0 Å². The smallest absolute Gasteiger partial charge is 0.344 e. The van der Waals surface area contributed by atoms with Gasteiger partial charge in [-0.1, -0.05) is 35.5 Å². The summed E-state index contributed by atoms with van der Waals surface area (Å²) < 4.78 is 5.55. The molecule has 5 nitrogen and oxygen atoms in total. The number of aryl methyl sites for hydroxylation is 2. The molecule has 0 N–H and O–H groups in total. The number of carbonyl (C=O) groups is 1. The maximum absolute atomic E-state index is 12.7. The summed E-state index contributed by atoms with van der Waals surface area (Å²) in [4.78, 5) is 24.5. The van der Waals surface area contributed by atoms with Crippen molar-refractivity contribution < 1.29 is 14.5 Å². The Balaban J connectivity index is 1.83. The van der Waals surface area contributed by atoms with Gasteiger partial charge < -0.3 is 4.74 Å². The maximum Gasteiger partial charge on any atom is 0.344 e. The number of benzene rings is 3. The van der Waals surface area contributed by atoms with E-state index in [4.69, 9.17) is 16.3 Å². The Bertz CT molecular complexity index is 1030. The second-order valence-corrected chi connectivity index (χ2v) is 7.60. The molecule has 3 aromatic carbocycles. The highest BCUT2D eigenvalue weighted by Gasteiger charge is 2.16. The van der Waals surface area contributed by atoms with E-state index in [1.165, 1.54) is 23.9 Å².